The van der Waals surface area contributed by atoms with Crippen molar-refractivity contribution in [1.29, 1.82) is 0 Å². The standard InChI is InChI=1S/C13H26N2O/c1-16-13-7-4-9-15(11-13)10-8-14-12-5-2-3-6-12/h12-14H,2-11H2,1H3. The Morgan fingerprint density at radius 2 is 2.00 bits per heavy atom. The van der Waals surface area contributed by atoms with Gasteiger partial charge < -0.3 is 10.1 Å². The minimum Gasteiger partial charge on any atom is -0.380 e. The molecule has 3 heteroatoms. The van der Waals surface area contributed by atoms with Crippen LogP contribution in [0.1, 0.15) is 38.5 Å². The minimum absolute atomic E-state index is 0.472. The van der Waals surface area contributed by atoms with Crippen molar-refractivity contribution in [1.82, 2.24) is 10.2 Å². The van der Waals surface area contributed by atoms with Crippen molar-refractivity contribution < 1.29 is 4.74 Å². The van der Waals surface area contributed by atoms with Gasteiger partial charge in [0, 0.05) is 32.8 Å². The fraction of sp³-hybridized carbons (Fsp3) is 1.00. The fourth-order valence-electron chi connectivity index (χ4n) is 2.97. The van der Waals surface area contributed by atoms with Gasteiger partial charge in [-0.25, -0.2) is 0 Å². The number of methoxy groups -OCH3 is 1. The largest absolute Gasteiger partial charge is 0.380 e. The van der Waals surface area contributed by atoms with E-state index in [1.807, 2.05) is 7.11 Å². The van der Waals surface area contributed by atoms with Crippen molar-refractivity contribution in [3.63, 3.8) is 0 Å². The maximum atomic E-state index is 5.44. The summed E-state index contributed by atoms with van der Waals surface area (Å²) in [5.74, 6) is 0. The molecule has 0 amide bonds. The molecule has 1 aliphatic carbocycles. The van der Waals surface area contributed by atoms with Crippen molar-refractivity contribution in [3.8, 4) is 0 Å². The molecule has 0 spiro atoms. The van der Waals surface area contributed by atoms with Gasteiger partial charge in [0.05, 0.1) is 6.10 Å². The maximum Gasteiger partial charge on any atom is 0.0698 e. The van der Waals surface area contributed by atoms with E-state index in [-0.39, 0.29) is 0 Å². The van der Waals surface area contributed by atoms with E-state index < -0.39 is 0 Å². The number of hydrogen-bond donors (Lipinski definition) is 1. The van der Waals surface area contributed by atoms with Crippen LogP contribution in [0.25, 0.3) is 0 Å². The molecule has 0 aromatic heterocycles. The molecule has 2 aliphatic rings. The first-order chi connectivity index (χ1) is 7.88. The normalized spacial score (nSPS) is 28.7. The van der Waals surface area contributed by atoms with E-state index in [9.17, 15) is 0 Å². The zero-order chi connectivity index (χ0) is 11.2. The van der Waals surface area contributed by atoms with E-state index in [2.05, 4.69) is 10.2 Å². The average Bonchev–Trinajstić information content (AvgIpc) is 2.82. The molecule has 1 aliphatic heterocycles. The lowest BCUT2D eigenvalue weighted by atomic mass is 10.1. The molecular formula is C13H26N2O. The second kappa shape index (κ2) is 6.58. The lowest BCUT2D eigenvalue weighted by Crippen LogP contribution is -2.43. The van der Waals surface area contributed by atoms with Crippen LogP contribution in [-0.4, -0.2) is 50.3 Å². The van der Waals surface area contributed by atoms with Crippen molar-refractivity contribution in [2.75, 3.05) is 33.3 Å². The van der Waals surface area contributed by atoms with Crippen LogP contribution >= 0.6 is 0 Å². The van der Waals surface area contributed by atoms with E-state index in [0.29, 0.717) is 6.10 Å². The van der Waals surface area contributed by atoms with Crippen LogP contribution in [-0.2, 0) is 4.74 Å². The molecule has 16 heavy (non-hydrogen) atoms. The van der Waals surface area contributed by atoms with Gasteiger partial charge in [-0.1, -0.05) is 12.8 Å². The van der Waals surface area contributed by atoms with Gasteiger partial charge in [0.25, 0.3) is 0 Å². The fourth-order valence-corrected chi connectivity index (χ4v) is 2.97. The highest BCUT2D eigenvalue weighted by Gasteiger charge is 2.19. The first kappa shape index (κ1) is 12.3. The Morgan fingerprint density at radius 1 is 1.19 bits per heavy atom. The third kappa shape index (κ3) is 3.72. The zero-order valence-corrected chi connectivity index (χ0v) is 10.6. The first-order valence-electron chi connectivity index (χ1n) is 6.87. The molecule has 0 radical (unpaired) electrons. The first-order valence-corrected chi connectivity index (χ1v) is 6.87. The van der Waals surface area contributed by atoms with Gasteiger partial charge in [-0.15, -0.1) is 0 Å². The highest BCUT2D eigenvalue weighted by Crippen LogP contribution is 2.17. The molecule has 1 saturated carbocycles. The summed E-state index contributed by atoms with van der Waals surface area (Å²) in [4.78, 5) is 2.54. The summed E-state index contributed by atoms with van der Waals surface area (Å²) >= 11 is 0. The topological polar surface area (TPSA) is 24.5 Å². The number of nitrogens with zero attached hydrogens (tertiary/aromatic N) is 1. The molecule has 0 aromatic rings. The molecule has 94 valence electrons. The Hall–Kier alpha value is -0.120. The van der Waals surface area contributed by atoms with Gasteiger partial charge in [-0.2, -0.15) is 0 Å². The minimum atomic E-state index is 0.472. The van der Waals surface area contributed by atoms with E-state index in [4.69, 9.17) is 4.74 Å². The zero-order valence-electron chi connectivity index (χ0n) is 10.6. The maximum absolute atomic E-state index is 5.44. The van der Waals surface area contributed by atoms with Gasteiger partial charge in [0.1, 0.15) is 0 Å². The molecule has 0 bridgehead atoms. The highest BCUT2D eigenvalue weighted by atomic mass is 16.5. The summed E-state index contributed by atoms with van der Waals surface area (Å²) in [6.07, 6.45) is 8.63. The van der Waals surface area contributed by atoms with E-state index in [1.54, 1.807) is 0 Å². The molecule has 0 aromatic carbocycles. The summed E-state index contributed by atoms with van der Waals surface area (Å²) < 4.78 is 5.44. The number of hydrogen-bond acceptors (Lipinski definition) is 3. The Labute approximate surface area is 99.5 Å². The predicted molar refractivity (Wildman–Crippen MR) is 66.7 cm³/mol. The lowest BCUT2D eigenvalue weighted by Gasteiger charge is -2.32. The van der Waals surface area contributed by atoms with Crippen molar-refractivity contribution in [2.24, 2.45) is 0 Å². The third-order valence-electron chi connectivity index (χ3n) is 4.01. The molecule has 2 rings (SSSR count). The van der Waals surface area contributed by atoms with Gasteiger partial charge >= 0.3 is 0 Å². The van der Waals surface area contributed by atoms with E-state index in [1.165, 1.54) is 51.6 Å². The summed E-state index contributed by atoms with van der Waals surface area (Å²) in [6.45, 7) is 4.73. The number of likely N-dealkylation sites (tertiary alicyclic amines) is 1. The average molecular weight is 226 g/mol. The van der Waals surface area contributed by atoms with Crippen molar-refractivity contribution >= 4 is 0 Å². The molecule has 1 unspecified atom stereocenters. The molecule has 1 atom stereocenters. The molecular weight excluding hydrogens is 200 g/mol. The number of rotatable bonds is 5. The Kier molecular flexibility index (Phi) is 5.07. The summed E-state index contributed by atoms with van der Waals surface area (Å²) in [5.41, 5.74) is 0. The molecule has 1 N–H and O–H groups in total. The lowest BCUT2D eigenvalue weighted by molar-refractivity contribution is 0.0317. The number of ether oxygens (including phenoxy) is 1. The van der Waals surface area contributed by atoms with Gasteiger partial charge in [0.2, 0.25) is 0 Å². The monoisotopic (exact) mass is 226 g/mol. The summed E-state index contributed by atoms with van der Waals surface area (Å²) in [6, 6.07) is 0.808. The second-order valence-corrected chi connectivity index (χ2v) is 5.24. The van der Waals surface area contributed by atoms with E-state index in [0.717, 1.165) is 19.1 Å². The van der Waals surface area contributed by atoms with Gasteiger partial charge in [-0.3, -0.25) is 4.90 Å². The molecule has 2 fully saturated rings. The van der Waals surface area contributed by atoms with Crippen LogP contribution in [0.15, 0.2) is 0 Å². The van der Waals surface area contributed by atoms with Crippen LogP contribution in [0.3, 0.4) is 0 Å². The number of piperidine rings is 1. The Morgan fingerprint density at radius 3 is 2.75 bits per heavy atom. The van der Waals surface area contributed by atoms with Gasteiger partial charge in [-0.05, 0) is 32.2 Å². The Balaban J connectivity index is 1.58. The quantitative estimate of drug-likeness (QED) is 0.771. The van der Waals surface area contributed by atoms with Crippen LogP contribution < -0.4 is 5.32 Å². The van der Waals surface area contributed by atoms with Crippen LogP contribution in [0.2, 0.25) is 0 Å². The Bertz CT molecular complexity index is 192. The van der Waals surface area contributed by atoms with Crippen molar-refractivity contribution in [2.45, 2.75) is 50.7 Å². The predicted octanol–water partition coefficient (Wildman–Crippen LogP) is 1.63. The van der Waals surface area contributed by atoms with Crippen LogP contribution in [0.4, 0.5) is 0 Å². The van der Waals surface area contributed by atoms with Gasteiger partial charge in [0.15, 0.2) is 0 Å². The SMILES string of the molecule is COC1CCCN(CCNC2CCCC2)C1. The molecule has 1 heterocycles. The number of nitrogens with one attached hydrogen (secondary N) is 1. The second-order valence-electron chi connectivity index (χ2n) is 5.24. The molecule has 1 saturated heterocycles. The smallest absolute Gasteiger partial charge is 0.0698 e. The summed E-state index contributed by atoms with van der Waals surface area (Å²) in [5, 5.41) is 3.68. The van der Waals surface area contributed by atoms with Crippen LogP contribution in [0, 0.1) is 0 Å². The highest BCUT2D eigenvalue weighted by molar-refractivity contribution is 4.76. The van der Waals surface area contributed by atoms with E-state index >= 15 is 0 Å². The van der Waals surface area contributed by atoms with Crippen molar-refractivity contribution in [3.05, 3.63) is 0 Å². The molecule has 3 nitrogen and oxygen atoms in total. The van der Waals surface area contributed by atoms with Crippen LogP contribution in [0.5, 0.6) is 0 Å². The third-order valence-corrected chi connectivity index (χ3v) is 4.01. The summed E-state index contributed by atoms with van der Waals surface area (Å²) in [7, 11) is 1.84.